The van der Waals surface area contributed by atoms with E-state index in [1.807, 2.05) is 10.8 Å². The Hall–Kier alpha value is -0.532. The van der Waals surface area contributed by atoms with Crippen molar-refractivity contribution in [3.05, 3.63) is 23.2 Å². The number of rotatable bonds is 2. The third kappa shape index (κ3) is 12.9. The summed E-state index contributed by atoms with van der Waals surface area (Å²) in [4.78, 5) is 28.4. The van der Waals surface area contributed by atoms with Crippen molar-refractivity contribution in [3.8, 4) is 0 Å². The van der Waals surface area contributed by atoms with E-state index in [2.05, 4.69) is 20.6 Å². The summed E-state index contributed by atoms with van der Waals surface area (Å²) in [5, 5.41) is 10.0. The SMILES string of the molecule is CC(=O)Nc1nccs1.CC(=O)Nc1nccs1.[Cl][Pt][Cl]. The van der Waals surface area contributed by atoms with Crippen LogP contribution in [0.5, 0.6) is 0 Å². The molecule has 0 fully saturated rings. The van der Waals surface area contributed by atoms with Crippen LogP contribution in [0.25, 0.3) is 0 Å². The van der Waals surface area contributed by atoms with Crippen LogP contribution in [0.3, 0.4) is 0 Å². The molecule has 21 heavy (non-hydrogen) atoms. The summed E-state index contributed by atoms with van der Waals surface area (Å²) in [6.45, 7) is 2.92. The van der Waals surface area contributed by atoms with Gasteiger partial charge in [0.2, 0.25) is 11.8 Å². The first-order valence-electron chi connectivity index (χ1n) is 5.16. The Kier molecular flexibility index (Phi) is 12.8. The molecule has 0 saturated heterocycles. The molecule has 2 aromatic rings. The topological polar surface area (TPSA) is 84.0 Å². The summed E-state index contributed by atoms with van der Waals surface area (Å²) in [6.07, 6.45) is 3.30. The van der Waals surface area contributed by atoms with E-state index >= 15 is 0 Å². The number of anilines is 2. The molecule has 0 aliphatic carbocycles. The molecule has 0 radical (unpaired) electrons. The van der Waals surface area contributed by atoms with Crippen molar-refractivity contribution in [1.82, 2.24) is 9.97 Å². The Bertz CT molecular complexity index is 465. The van der Waals surface area contributed by atoms with Gasteiger partial charge in [-0.25, -0.2) is 9.97 Å². The first kappa shape index (κ1) is 20.5. The zero-order valence-electron chi connectivity index (χ0n) is 10.9. The van der Waals surface area contributed by atoms with Crippen LogP contribution < -0.4 is 10.6 Å². The normalized spacial score (nSPS) is 8.76. The molecule has 120 valence electrons. The van der Waals surface area contributed by atoms with Crippen LogP contribution in [0, 0.1) is 0 Å². The molecule has 6 nitrogen and oxygen atoms in total. The fraction of sp³-hybridized carbons (Fsp3) is 0.200. The second-order valence-electron chi connectivity index (χ2n) is 3.08. The number of thiazole rings is 2. The number of nitrogens with one attached hydrogen (secondary N) is 2. The molecule has 0 aliphatic heterocycles. The van der Waals surface area contributed by atoms with Crippen LogP contribution in [-0.4, -0.2) is 21.8 Å². The Morgan fingerprint density at radius 2 is 1.33 bits per heavy atom. The van der Waals surface area contributed by atoms with Crippen molar-refractivity contribution in [2.75, 3.05) is 10.6 Å². The summed E-state index contributed by atoms with van der Waals surface area (Å²) in [6, 6.07) is 0. The number of amides is 2. The Labute approximate surface area is 146 Å². The van der Waals surface area contributed by atoms with Crippen molar-refractivity contribution < 1.29 is 26.1 Å². The number of hydrogen-bond donors (Lipinski definition) is 2. The van der Waals surface area contributed by atoms with E-state index in [-0.39, 0.29) is 11.8 Å². The monoisotopic (exact) mass is 549 g/mol. The van der Waals surface area contributed by atoms with Gasteiger partial charge >= 0.3 is 35.3 Å². The van der Waals surface area contributed by atoms with Gasteiger partial charge in [-0.1, -0.05) is 0 Å². The molecule has 2 aromatic heterocycles. The summed E-state index contributed by atoms with van der Waals surface area (Å²) >= 11 is 2.34. The van der Waals surface area contributed by atoms with E-state index in [4.69, 9.17) is 18.8 Å². The molecule has 0 aromatic carbocycles. The van der Waals surface area contributed by atoms with Crippen LogP contribution in [0.15, 0.2) is 23.2 Å². The average molecular weight is 550 g/mol. The van der Waals surface area contributed by atoms with Crippen molar-refractivity contribution in [2.24, 2.45) is 0 Å². The third-order valence-electron chi connectivity index (χ3n) is 1.43. The molecule has 0 atom stereocenters. The Morgan fingerprint density at radius 3 is 1.52 bits per heavy atom. The zero-order valence-corrected chi connectivity index (χ0v) is 16.3. The number of hydrogen-bond acceptors (Lipinski definition) is 6. The molecular formula is C10H12Cl2N4O2PtS2. The third-order valence-corrected chi connectivity index (χ3v) is 2.81. The number of carbonyl (C=O) groups is 2. The van der Waals surface area contributed by atoms with Crippen LogP contribution >= 0.6 is 41.5 Å². The van der Waals surface area contributed by atoms with Gasteiger partial charge in [0, 0.05) is 37.0 Å². The molecule has 0 aliphatic rings. The molecule has 11 heteroatoms. The average Bonchev–Trinajstić information content (AvgIpc) is 3.03. The first-order chi connectivity index (χ1) is 9.99. The van der Waals surface area contributed by atoms with E-state index in [0.717, 1.165) is 0 Å². The second-order valence-corrected chi connectivity index (χ2v) is 8.15. The molecule has 0 spiro atoms. The van der Waals surface area contributed by atoms with E-state index in [1.165, 1.54) is 36.5 Å². The molecular weight excluding hydrogens is 538 g/mol. The fourth-order valence-electron chi connectivity index (χ4n) is 0.872. The summed E-state index contributed by atoms with van der Waals surface area (Å²) in [5.74, 6) is -0.157. The zero-order chi connectivity index (χ0) is 16.1. The summed E-state index contributed by atoms with van der Waals surface area (Å²) in [5.41, 5.74) is 0. The van der Waals surface area contributed by atoms with Crippen molar-refractivity contribution in [2.45, 2.75) is 13.8 Å². The minimum atomic E-state index is -0.472. The number of halogens is 2. The van der Waals surface area contributed by atoms with E-state index in [1.54, 1.807) is 12.4 Å². The molecule has 0 unspecified atom stereocenters. The van der Waals surface area contributed by atoms with Crippen LogP contribution in [0.4, 0.5) is 10.3 Å². The fourth-order valence-corrected chi connectivity index (χ4v) is 2.02. The summed E-state index contributed by atoms with van der Waals surface area (Å²) < 4.78 is 0. The van der Waals surface area contributed by atoms with E-state index in [0.29, 0.717) is 10.3 Å². The van der Waals surface area contributed by atoms with Gasteiger partial charge in [-0.3, -0.25) is 9.59 Å². The second kappa shape index (κ2) is 13.2. The first-order valence-corrected chi connectivity index (χ1v) is 12.5. The van der Waals surface area contributed by atoms with Gasteiger partial charge in [0.15, 0.2) is 10.3 Å². The molecule has 2 rings (SSSR count). The van der Waals surface area contributed by atoms with Gasteiger partial charge < -0.3 is 10.6 Å². The van der Waals surface area contributed by atoms with Crippen LogP contribution in [-0.2, 0) is 26.1 Å². The number of carbonyl (C=O) groups excluding carboxylic acids is 2. The molecule has 2 heterocycles. The van der Waals surface area contributed by atoms with Gasteiger partial charge in [-0.15, -0.1) is 22.7 Å². The maximum atomic E-state index is 10.4. The van der Waals surface area contributed by atoms with Gasteiger partial charge in [0.25, 0.3) is 0 Å². The molecule has 0 saturated carbocycles. The van der Waals surface area contributed by atoms with Gasteiger partial charge in [0.1, 0.15) is 0 Å². The minimum absolute atomic E-state index is 0.0787. The van der Waals surface area contributed by atoms with Crippen molar-refractivity contribution in [1.29, 1.82) is 0 Å². The summed E-state index contributed by atoms with van der Waals surface area (Å²) in [7, 11) is 9.75. The Balaban J connectivity index is 0.000000322. The number of nitrogens with zero attached hydrogens (tertiary/aromatic N) is 2. The molecule has 2 amide bonds. The van der Waals surface area contributed by atoms with Gasteiger partial charge in [0.05, 0.1) is 0 Å². The standard InChI is InChI=1S/2C5H6N2OS.2ClH.Pt/c2*1-4(8)7-5-6-2-3-9-5;;;/h2*2-3H,1H3,(H,6,7,8);2*1H;/q;;;;+2/p-2. The maximum absolute atomic E-state index is 10.4. The molecule has 0 bridgehead atoms. The van der Waals surface area contributed by atoms with E-state index in [9.17, 15) is 9.59 Å². The Morgan fingerprint density at radius 1 is 1.00 bits per heavy atom. The van der Waals surface area contributed by atoms with Gasteiger partial charge in [-0.05, 0) is 0 Å². The van der Waals surface area contributed by atoms with Crippen LogP contribution in [0.1, 0.15) is 13.8 Å². The molecule has 2 N–H and O–H groups in total. The van der Waals surface area contributed by atoms with Gasteiger partial charge in [-0.2, -0.15) is 0 Å². The van der Waals surface area contributed by atoms with Crippen molar-refractivity contribution in [3.63, 3.8) is 0 Å². The predicted molar refractivity (Wildman–Crippen MR) is 84.5 cm³/mol. The van der Waals surface area contributed by atoms with Crippen molar-refractivity contribution >= 4 is 63.6 Å². The predicted octanol–water partition coefficient (Wildman–Crippen LogP) is 3.58. The van der Waals surface area contributed by atoms with Crippen LogP contribution in [0.2, 0.25) is 0 Å². The number of aromatic nitrogens is 2. The van der Waals surface area contributed by atoms with E-state index < -0.39 is 16.5 Å². The quantitative estimate of drug-likeness (QED) is 0.599.